The zero-order valence-electron chi connectivity index (χ0n) is 9.07. The number of carboxylic acids is 1. The number of Topliss-reactive ketones (excluding diaryl/α,β-unsaturated/α-hetero) is 1. The normalized spacial score (nSPS) is 49.3. The molecular weight excluding hydrogens is 401 g/mol. The molecule has 4 aliphatic carbocycles. The number of carbonyl (C=O) groups excluding carboxylic acids is 1. The number of hydrogen-bond acceptors (Lipinski definition) is 2. The van der Waals surface area contributed by atoms with E-state index in [2.05, 4.69) is 0 Å². The fraction of sp³-hybridized carbons (Fsp3) is 0.833. The molecule has 4 bridgehead atoms. The zero-order chi connectivity index (χ0) is 11.6. The van der Waals surface area contributed by atoms with Gasteiger partial charge in [-0.2, -0.15) is 0 Å². The predicted octanol–water partition coefficient (Wildman–Crippen LogP) is 1.57. The molecular formula is C12H15O3Po. The van der Waals surface area contributed by atoms with Crippen LogP contribution in [0, 0.1) is 17.3 Å². The quantitative estimate of drug-likeness (QED) is 0.696. The molecule has 1 radical (unpaired) electrons. The molecule has 2 unspecified atom stereocenters. The van der Waals surface area contributed by atoms with Crippen molar-refractivity contribution in [2.24, 2.45) is 17.3 Å². The fourth-order valence-corrected chi connectivity index (χ4v) is 7.58. The van der Waals surface area contributed by atoms with Crippen LogP contribution in [0.25, 0.3) is 0 Å². The van der Waals surface area contributed by atoms with Gasteiger partial charge in [0.25, 0.3) is 0 Å². The Labute approximate surface area is 110 Å². The van der Waals surface area contributed by atoms with E-state index in [1.54, 1.807) is 25.1 Å². The Bertz CT molecular complexity index is 362. The van der Waals surface area contributed by atoms with Crippen molar-refractivity contribution in [3.8, 4) is 0 Å². The first kappa shape index (κ1) is 11.1. The molecule has 0 saturated heterocycles. The third kappa shape index (κ3) is 1.49. The number of rotatable bonds is 2. The van der Waals surface area contributed by atoms with Crippen LogP contribution in [-0.4, -0.2) is 41.9 Å². The van der Waals surface area contributed by atoms with E-state index in [9.17, 15) is 9.59 Å². The van der Waals surface area contributed by atoms with Crippen LogP contribution < -0.4 is 0 Å². The van der Waals surface area contributed by atoms with E-state index in [0.717, 1.165) is 19.3 Å². The van der Waals surface area contributed by atoms with Gasteiger partial charge in [-0.3, -0.25) is 0 Å². The standard InChI is InChI=1S/C12H15O3.Po/c13-10(11(14)15)12-4-7-1-8(5-12)3-9(2-7)6-12;/h7-8H,1-6H2,(H,14,15);. The molecule has 0 aromatic heterocycles. The topological polar surface area (TPSA) is 54.4 Å². The summed E-state index contributed by atoms with van der Waals surface area (Å²) in [5, 5.41) is 8.98. The molecule has 87 valence electrons. The Hall–Kier alpha value is 0.0361. The van der Waals surface area contributed by atoms with Gasteiger partial charge in [0.1, 0.15) is 0 Å². The summed E-state index contributed by atoms with van der Waals surface area (Å²) in [4.78, 5) is 22.9. The van der Waals surface area contributed by atoms with Crippen LogP contribution in [0.4, 0.5) is 0 Å². The van der Waals surface area contributed by atoms with Gasteiger partial charge < -0.3 is 0 Å². The molecule has 4 saturated carbocycles. The van der Waals surface area contributed by atoms with Crippen LogP contribution >= 0.6 is 0 Å². The zero-order valence-corrected chi connectivity index (χ0v) is 12.2. The Morgan fingerprint density at radius 2 is 1.69 bits per heavy atom. The molecule has 4 fully saturated rings. The predicted molar refractivity (Wildman–Crippen MR) is 58.2 cm³/mol. The molecule has 4 heteroatoms. The van der Waals surface area contributed by atoms with Crippen LogP contribution in [0.15, 0.2) is 0 Å². The second-order valence-corrected chi connectivity index (χ2v) is 9.43. The first-order valence-corrected chi connectivity index (χ1v) is 7.49. The molecule has 0 heterocycles. The van der Waals surface area contributed by atoms with E-state index in [4.69, 9.17) is 5.11 Å². The Morgan fingerprint density at radius 1 is 1.12 bits per heavy atom. The molecule has 0 amide bonds. The van der Waals surface area contributed by atoms with E-state index >= 15 is 0 Å². The average molecular weight is 416 g/mol. The van der Waals surface area contributed by atoms with E-state index in [1.165, 1.54) is 19.3 Å². The van der Waals surface area contributed by atoms with Crippen molar-refractivity contribution in [2.75, 3.05) is 0 Å². The van der Waals surface area contributed by atoms with Crippen LogP contribution in [0.5, 0.6) is 0 Å². The molecule has 0 aliphatic heterocycles. The second kappa shape index (κ2) is 3.28. The summed E-state index contributed by atoms with van der Waals surface area (Å²) in [6.45, 7) is 0. The van der Waals surface area contributed by atoms with E-state index in [1.807, 2.05) is 0 Å². The van der Waals surface area contributed by atoms with Crippen molar-refractivity contribution in [3.63, 3.8) is 0 Å². The summed E-state index contributed by atoms with van der Waals surface area (Å²) >= 11 is 1.57. The molecule has 16 heavy (non-hydrogen) atoms. The summed E-state index contributed by atoms with van der Waals surface area (Å²) in [5.41, 5.74) is -0.475. The van der Waals surface area contributed by atoms with E-state index in [0.29, 0.717) is 14.9 Å². The first-order valence-electron chi connectivity index (χ1n) is 5.91. The summed E-state index contributed by atoms with van der Waals surface area (Å²) in [7, 11) is 0. The van der Waals surface area contributed by atoms with Crippen LogP contribution in [-0.2, 0) is 9.59 Å². The van der Waals surface area contributed by atoms with E-state index < -0.39 is 17.2 Å². The van der Waals surface area contributed by atoms with Gasteiger partial charge >= 0.3 is 110 Å². The van der Waals surface area contributed by atoms with Gasteiger partial charge in [-0.15, -0.1) is 0 Å². The van der Waals surface area contributed by atoms with Gasteiger partial charge in [-0.05, 0) is 0 Å². The SMILES string of the molecule is O=C(O)C(=O)C12CC3CC(C[C]([Po])(C3)C1)C2. The molecule has 0 aromatic carbocycles. The number of carbonyl (C=O) groups is 2. The first-order chi connectivity index (χ1) is 7.42. The maximum atomic E-state index is 11.9. The summed E-state index contributed by atoms with van der Waals surface area (Å²) < 4.78 is 0.329. The van der Waals surface area contributed by atoms with Crippen LogP contribution in [0.3, 0.4) is 0 Å². The second-order valence-electron chi connectivity index (χ2n) is 6.06. The molecule has 4 rings (SSSR count). The van der Waals surface area contributed by atoms with Crippen LogP contribution in [0.1, 0.15) is 38.5 Å². The van der Waals surface area contributed by atoms with Crippen molar-refractivity contribution in [1.82, 2.24) is 0 Å². The third-order valence-electron chi connectivity index (χ3n) is 4.68. The average Bonchev–Trinajstić information content (AvgIpc) is 2.12. The minimum atomic E-state index is -1.21. The summed E-state index contributed by atoms with van der Waals surface area (Å²) in [6.07, 6.45) is 6.28. The maximum absolute atomic E-state index is 11.9. The fourth-order valence-electron chi connectivity index (χ4n) is 4.67. The number of ketones is 1. The van der Waals surface area contributed by atoms with E-state index in [-0.39, 0.29) is 0 Å². The van der Waals surface area contributed by atoms with Gasteiger partial charge in [0, 0.05) is 0 Å². The molecule has 2 atom stereocenters. The van der Waals surface area contributed by atoms with Gasteiger partial charge in [-0.1, -0.05) is 0 Å². The van der Waals surface area contributed by atoms with Crippen molar-refractivity contribution in [1.29, 1.82) is 0 Å². The minimum absolute atomic E-state index is 0.329. The number of hydrogen-bond donors (Lipinski definition) is 1. The van der Waals surface area contributed by atoms with Crippen LogP contribution in [0.2, 0.25) is 3.07 Å². The van der Waals surface area contributed by atoms with Gasteiger partial charge in [0.15, 0.2) is 0 Å². The Kier molecular flexibility index (Phi) is 2.29. The monoisotopic (exact) mass is 416 g/mol. The Balaban J connectivity index is 1.98. The molecule has 0 spiro atoms. The molecule has 3 nitrogen and oxygen atoms in total. The summed E-state index contributed by atoms with van der Waals surface area (Å²) in [6, 6.07) is 0. The van der Waals surface area contributed by atoms with Gasteiger partial charge in [0.05, 0.1) is 0 Å². The van der Waals surface area contributed by atoms with Gasteiger partial charge in [-0.25, -0.2) is 0 Å². The third-order valence-corrected chi connectivity index (χ3v) is 6.54. The van der Waals surface area contributed by atoms with Crippen molar-refractivity contribution in [3.05, 3.63) is 0 Å². The van der Waals surface area contributed by atoms with Crippen molar-refractivity contribution < 1.29 is 14.7 Å². The summed E-state index contributed by atoms with van der Waals surface area (Å²) in [5.74, 6) is -0.447. The Morgan fingerprint density at radius 3 is 2.12 bits per heavy atom. The van der Waals surface area contributed by atoms with Crippen molar-refractivity contribution in [2.45, 2.75) is 41.6 Å². The van der Waals surface area contributed by atoms with Gasteiger partial charge in [0.2, 0.25) is 0 Å². The number of aliphatic carboxylic acids is 1. The molecule has 0 aromatic rings. The van der Waals surface area contributed by atoms with Crippen molar-refractivity contribution >= 4 is 36.8 Å². The molecule has 4 aliphatic rings. The molecule has 1 N–H and O–H groups in total. The number of carboxylic acid groups (broad SMARTS) is 1.